The molecule has 2 aliphatic heterocycles. The van der Waals surface area contributed by atoms with Crippen molar-refractivity contribution in [3.05, 3.63) is 73.3 Å². The minimum Gasteiger partial charge on any atom is -0.497 e. The predicted molar refractivity (Wildman–Crippen MR) is 66.7 cm³/mol. The molecule has 0 saturated heterocycles. The molecule has 2 rings (SSSR count). The summed E-state index contributed by atoms with van der Waals surface area (Å²) in [5.41, 5.74) is 0. The highest BCUT2D eigenvalue weighted by Gasteiger charge is 1.74. The lowest BCUT2D eigenvalue weighted by Gasteiger charge is -1.92. The van der Waals surface area contributed by atoms with Crippen molar-refractivity contribution in [1.82, 2.24) is 0 Å². The summed E-state index contributed by atoms with van der Waals surface area (Å²) in [5.74, 6) is 0. The molecule has 16 heavy (non-hydrogen) atoms. The van der Waals surface area contributed by atoms with Crippen molar-refractivity contribution in [3.63, 3.8) is 0 Å². The second-order valence-corrected chi connectivity index (χ2v) is 2.95. The normalized spacial score (nSPS) is 17.0. The SMILES string of the molecule is C1=CC=COCC=C1.C1=CC=COCC=C1. The summed E-state index contributed by atoms with van der Waals surface area (Å²) in [6.45, 7) is 1.36. The molecule has 2 heterocycles. The molecule has 0 aromatic rings. The number of hydrogen-bond acceptors (Lipinski definition) is 2. The minimum absolute atomic E-state index is 0.681. The maximum atomic E-state index is 4.96. The Bertz CT molecular complexity index is 265. The molecule has 0 aromatic heterocycles. The van der Waals surface area contributed by atoms with E-state index in [0.717, 1.165) is 0 Å². The lowest BCUT2D eigenvalue weighted by molar-refractivity contribution is 0.289. The fourth-order valence-electron chi connectivity index (χ4n) is 0.949. The highest BCUT2D eigenvalue weighted by molar-refractivity contribution is 5.12. The quantitative estimate of drug-likeness (QED) is 0.618. The van der Waals surface area contributed by atoms with E-state index in [9.17, 15) is 0 Å². The van der Waals surface area contributed by atoms with Gasteiger partial charge in [0.1, 0.15) is 13.2 Å². The zero-order chi connectivity index (χ0) is 11.3. The van der Waals surface area contributed by atoms with Crippen molar-refractivity contribution >= 4 is 0 Å². The molecule has 2 nitrogen and oxygen atoms in total. The van der Waals surface area contributed by atoms with E-state index in [1.54, 1.807) is 12.5 Å². The lowest BCUT2D eigenvalue weighted by atomic mass is 10.4. The van der Waals surface area contributed by atoms with Crippen LogP contribution in [0.1, 0.15) is 0 Å². The van der Waals surface area contributed by atoms with Gasteiger partial charge in [-0.1, -0.05) is 36.5 Å². The van der Waals surface area contributed by atoms with E-state index < -0.39 is 0 Å². The molecule has 0 aliphatic carbocycles. The van der Waals surface area contributed by atoms with Gasteiger partial charge < -0.3 is 9.47 Å². The van der Waals surface area contributed by atoms with Crippen LogP contribution in [0, 0.1) is 0 Å². The van der Waals surface area contributed by atoms with Gasteiger partial charge in [-0.25, -0.2) is 0 Å². The van der Waals surface area contributed by atoms with Crippen LogP contribution in [0.2, 0.25) is 0 Å². The number of ether oxygens (including phenoxy) is 2. The van der Waals surface area contributed by atoms with Crippen LogP contribution in [0.25, 0.3) is 0 Å². The molecule has 0 spiro atoms. The smallest absolute Gasteiger partial charge is 0.106 e. The Balaban J connectivity index is 0.000000160. The topological polar surface area (TPSA) is 18.5 Å². The zero-order valence-electron chi connectivity index (χ0n) is 9.16. The highest BCUT2D eigenvalue weighted by atomic mass is 16.5. The predicted octanol–water partition coefficient (Wildman–Crippen LogP) is 3.29. The first-order valence-electron chi connectivity index (χ1n) is 5.20. The molecule has 0 bridgehead atoms. The van der Waals surface area contributed by atoms with E-state index in [4.69, 9.17) is 9.47 Å². The number of rotatable bonds is 0. The minimum atomic E-state index is 0.681. The van der Waals surface area contributed by atoms with Crippen molar-refractivity contribution < 1.29 is 9.47 Å². The van der Waals surface area contributed by atoms with Crippen LogP contribution in [-0.4, -0.2) is 13.2 Å². The fourth-order valence-corrected chi connectivity index (χ4v) is 0.949. The molecule has 2 aliphatic rings. The summed E-state index contributed by atoms with van der Waals surface area (Å²) < 4.78 is 9.91. The van der Waals surface area contributed by atoms with Gasteiger partial charge in [-0.2, -0.15) is 0 Å². The first-order chi connectivity index (χ1) is 8.00. The summed E-state index contributed by atoms with van der Waals surface area (Å²) in [6.07, 6.45) is 22.7. The fraction of sp³-hybridized carbons (Fsp3) is 0.143. The summed E-state index contributed by atoms with van der Waals surface area (Å²) >= 11 is 0. The third-order valence-corrected chi connectivity index (χ3v) is 1.67. The van der Waals surface area contributed by atoms with Gasteiger partial charge in [0.25, 0.3) is 0 Å². The van der Waals surface area contributed by atoms with E-state index >= 15 is 0 Å². The van der Waals surface area contributed by atoms with E-state index in [-0.39, 0.29) is 0 Å². The van der Waals surface area contributed by atoms with Gasteiger partial charge in [0.2, 0.25) is 0 Å². The number of allylic oxidation sites excluding steroid dienone is 8. The molecule has 0 radical (unpaired) electrons. The second-order valence-electron chi connectivity index (χ2n) is 2.95. The van der Waals surface area contributed by atoms with E-state index in [1.165, 1.54) is 0 Å². The maximum absolute atomic E-state index is 4.96. The zero-order valence-corrected chi connectivity index (χ0v) is 9.16. The van der Waals surface area contributed by atoms with Crippen molar-refractivity contribution in [3.8, 4) is 0 Å². The van der Waals surface area contributed by atoms with Crippen molar-refractivity contribution in [2.75, 3.05) is 13.2 Å². The van der Waals surface area contributed by atoms with Gasteiger partial charge in [0, 0.05) is 0 Å². The molecular formula is C14H16O2. The lowest BCUT2D eigenvalue weighted by Crippen LogP contribution is -1.80. The number of hydrogen-bond donors (Lipinski definition) is 0. The van der Waals surface area contributed by atoms with Gasteiger partial charge >= 0.3 is 0 Å². The largest absolute Gasteiger partial charge is 0.497 e. The Labute approximate surface area is 96.6 Å². The molecular weight excluding hydrogens is 200 g/mol. The molecule has 0 atom stereocenters. The average molecular weight is 216 g/mol. The van der Waals surface area contributed by atoms with Crippen molar-refractivity contribution in [1.29, 1.82) is 0 Å². The van der Waals surface area contributed by atoms with Crippen LogP contribution in [0.5, 0.6) is 0 Å². The first kappa shape index (κ1) is 12.1. The molecule has 0 unspecified atom stereocenters. The third kappa shape index (κ3) is 7.44. The van der Waals surface area contributed by atoms with Crippen LogP contribution in [-0.2, 0) is 9.47 Å². The van der Waals surface area contributed by atoms with Crippen molar-refractivity contribution in [2.24, 2.45) is 0 Å². The molecule has 0 N–H and O–H groups in total. The van der Waals surface area contributed by atoms with Crippen LogP contribution < -0.4 is 0 Å². The first-order valence-corrected chi connectivity index (χ1v) is 5.20. The van der Waals surface area contributed by atoms with Gasteiger partial charge in [0.05, 0.1) is 12.5 Å². The Hall–Kier alpha value is -1.96. The molecule has 0 fully saturated rings. The maximum Gasteiger partial charge on any atom is 0.106 e. The molecule has 0 aromatic carbocycles. The van der Waals surface area contributed by atoms with E-state index in [2.05, 4.69) is 0 Å². The van der Waals surface area contributed by atoms with Gasteiger partial charge in [-0.15, -0.1) is 0 Å². The standard InChI is InChI=1S/2C7H8O/c2*1-2-4-6-8-7-5-3-1/h2*1-6H,7H2. The van der Waals surface area contributed by atoms with Crippen molar-refractivity contribution in [2.45, 2.75) is 0 Å². The summed E-state index contributed by atoms with van der Waals surface area (Å²) in [4.78, 5) is 0. The Morgan fingerprint density at radius 3 is 1.44 bits per heavy atom. The van der Waals surface area contributed by atoms with Crippen LogP contribution in [0.3, 0.4) is 0 Å². The molecule has 0 amide bonds. The van der Waals surface area contributed by atoms with Gasteiger partial charge in [-0.05, 0) is 24.3 Å². The molecule has 0 saturated carbocycles. The Morgan fingerprint density at radius 1 is 0.500 bits per heavy atom. The monoisotopic (exact) mass is 216 g/mol. The van der Waals surface area contributed by atoms with Crippen LogP contribution in [0.15, 0.2) is 73.3 Å². The molecule has 2 heteroatoms. The summed E-state index contributed by atoms with van der Waals surface area (Å²) in [5, 5.41) is 0. The van der Waals surface area contributed by atoms with E-state index in [1.807, 2.05) is 60.8 Å². The van der Waals surface area contributed by atoms with Crippen LogP contribution >= 0.6 is 0 Å². The highest BCUT2D eigenvalue weighted by Crippen LogP contribution is 1.88. The average Bonchev–Trinajstić information content (AvgIpc) is 2.15. The second kappa shape index (κ2) is 9.59. The third-order valence-electron chi connectivity index (χ3n) is 1.67. The van der Waals surface area contributed by atoms with Gasteiger partial charge in [0.15, 0.2) is 0 Å². The Morgan fingerprint density at radius 2 is 0.938 bits per heavy atom. The summed E-state index contributed by atoms with van der Waals surface area (Å²) in [7, 11) is 0. The summed E-state index contributed by atoms with van der Waals surface area (Å²) in [6, 6.07) is 0. The Kier molecular flexibility index (Phi) is 7.26. The van der Waals surface area contributed by atoms with E-state index in [0.29, 0.717) is 13.2 Å². The molecule has 84 valence electrons. The van der Waals surface area contributed by atoms with Gasteiger partial charge in [-0.3, -0.25) is 0 Å². The van der Waals surface area contributed by atoms with Crippen LogP contribution in [0.4, 0.5) is 0 Å².